The first-order chi connectivity index (χ1) is 9.84. The molecule has 1 N–H and O–H groups in total. The van der Waals surface area contributed by atoms with Crippen LogP contribution >= 0.6 is 0 Å². The molecule has 3 rings (SSSR count). The monoisotopic (exact) mass is 270 g/mol. The topological polar surface area (TPSA) is 32.3 Å². The third kappa shape index (κ3) is 2.87. The van der Waals surface area contributed by atoms with E-state index in [1.54, 1.807) is 0 Å². The number of nitrogens with zero attached hydrogens (tertiary/aromatic N) is 1. The van der Waals surface area contributed by atoms with E-state index in [2.05, 4.69) is 23.5 Å². The van der Waals surface area contributed by atoms with Crippen LogP contribution in [0.25, 0.3) is 0 Å². The number of hydrogen-bond donors (Lipinski definition) is 1. The van der Waals surface area contributed by atoms with Gasteiger partial charge in [0.15, 0.2) is 0 Å². The highest BCUT2D eigenvalue weighted by molar-refractivity contribution is 5.98. The van der Waals surface area contributed by atoms with Gasteiger partial charge in [0.25, 0.3) is 0 Å². The van der Waals surface area contributed by atoms with Crippen LogP contribution in [-0.2, 0) is 4.79 Å². The highest BCUT2D eigenvalue weighted by Gasteiger charge is 2.23. The molecule has 1 unspecified atom stereocenters. The fraction of sp³-hybridized carbons (Fsp3) is 0.471. The van der Waals surface area contributed by atoms with Crippen LogP contribution in [0.3, 0.4) is 0 Å². The van der Waals surface area contributed by atoms with Gasteiger partial charge in [-0.1, -0.05) is 24.3 Å². The molecular weight excluding hydrogens is 248 g/mol. The van der Waals surface area contributed by atoms with Crippen molar-refractivity contribution < 1.29 is 4.79 Å². The number of carbonyl (C=O) groups excluding carboxylic acids is 1. The van der Waals surface area contributed by atoms with Gasteiger partial charge in [0.1, 0.15) is 0 Å². The molecule has 1 aliphatic carbocycles. The Labute approximate surface area is 120 Å². The third-order valence-electron chi connectivity index (χ3n) is 4.23. The van der Waals surface area contributed by atoms with Gasteiger partial charge in [-0.15, -0.1) is 0 Å². The summed E-state index contributed by atoms with van der Waals surface area (Å²) in [6, 6.07) is 8.18. The van der Waals surface area contributed by atoms with Crippen molar-refractivity contribution in [2.45, 2.75) is 32.1 Å². The van der Waals surface area contributed by atoms with Crippen molar-refractivity contribution in [3.05, 3.63) is 36.4 Å². The molecule has 1 fully saturated rings. The average Bonchev–Trinajstić information content (AvgIpc) is 2.92. The molecule has 2 aliphatic rings. The number of amides is 1. The molecule has 0 saturated carbocycles. The minimum atomic E-state index is 0.250. The SMILES string of the molecule is O=C1CCCN1c1ccccc1NCC1CC=CCC1. The minimum absolute atomic E-state index is 0.250. The Morgan fingerprint density at radius 2 is 2.15 bits per heavy atom. The van der Waals surface area contributed by atoms with E-state index in [0.29, 0.717) is 12.3 Å². The van der Waals surface area contributed by atoms with Gasteiger partial charge in [-0.25, -0.2) is 0 Å². The van der Waals surface area contributed by atoms with E-state index in [9.17, 15) is 4.79 Å². The van der Waals surface area contributed by atoms with Crippen LogP contribution in [-0.4, -0.2) is 19.0 Å². The number of anilines is 2. The fourth-order valence-electron chi connectivity index (χ4n) is 3.06. The smallest absolute Gasteiger partial charge is 0.227 e. The Morgan fingerprint density at radius 1 is 1.25 bits per heavy atom. The maximum atomic E-state index is 11.9. The van der Waals surface area contributed by atoms with Gasteiger partial charge in [-0.2, -0.15) is 0 Å². The molecule has 1 heterocycles. The van der Waals surface area contributed by atoms with Crippen LogP contribution in [0, 0.1) is 5.92 Å². The molecule has 20 heavy (non-hydrogen) atoms. The lowest BCUT2D eigenvalue weighted by molar-refractivity contribution is -0.117. The van der Waals surface area contributed by atoms with Crippen molar-refractivity contribution >= 4 is 17.3 Å². The zero-order valence-corrected chi connectivity index (χ0v) is 11.8. The molecule has 3 nitrogen and oxygen atoms in total. The maximum Gasteiger partial charge on any atom is 0.227 e. The van der Waals surface area contributed by atoms with E-state index in [0.717, 1.165) is 37.3 Å². The summed E-state index contributed by atoms with van der Waals surface area (Å²) in [5, 5.41) is 3.55. The quantitative estimate of drug-likeness (QED) is 0.848. The van der Waals surface area contributed by atoms with Crippen molar-refractivity contribution in [3.8, 4) is 0 Å². The second kappa shape index (κ2) is 6.12. The number of nitrogens with one attached hydrogen (secondary N) is 1. The molecule has 0 bridgehead atoms. The van der Waals surface area contributed by atoms with Gasteiger partial charge in [-0.3, -0.25) is 4.79 Å². The van der Waals surface area contributed by atoms with Crippen LogP contribution in [0.5, 0.6) is 0 Å². The lowest BCUT2D eigenvalue weighted by Crippen LogP contribution is -2.25. The number of benzene rings is 1. The fourth-order valence-corrected chi connectivity index (χ4v) is 3.06. The summed E-state index contributed by atoms with van der Waals surface area (Å²) in [6.07, 6.45) is 9.83. The van der Waals surface area contributed by atoms with Crippen LogP contribution < -0.4 is 10.2 Å². The predicted molar refractivity (Wildman–Crippen MR) is 83.0 cm³/mol. The van der Waals surface area contributed by atoms with Gasteiger partial charge in [0.2, 0.25) is 5.91 Å². The van der Waals surface area contributed by atoms with E-state index in [-0.39, 0.29) is 5.91 Å². The second-order valence-corrected chi connectivity index (χ2v) is 5.70. The first-order valence-electron chi connectivity index (χ1n) is 7.63. The summed E-state index contributed by atoms with van der Waals surface area (Å²) in [6.45, 7) is 1.84. The van der Waals surface area contributed by atoms with E-state index in [4.69, 9.17) is 0 Å². The van der Waals surface area contributed by atoms with Crippen molar-refractivity contribution in [2.24, 2.45) is 5.92 Å². The van der Waals surface area contributed by atoms with Crippen molar-refractivity contribution in [1.29, 1.82) is 0 Å². The maximum absolute atomic E-state index is 11.9. The molecule has 0 spiro atoms. The molecule has 3 heteroatoms. The van der Waals surface area contributed by atoms with Gasteiger partial charge in [-0.05, 0) is 43.7 Å². The molecular formula is C17H22N2O. The standard InChI is InChI=1S/C17H22N2O/c20-17-11-6-12-19(17)16-10-5-4-9-15(16)18-13-14-7-2-1-3-8-14/h1-2,4-5,9-10,14,18H,3,6-8,11-13H2. The molecule has 1 amide bonds. The number of carbonyl (C=O) groups is 1. The normalized spacial score (nSPS) is 22.3. The van der Waals surface area contributed by atoms with Crippen LogP contribution in [0.2, 0.25) is 0 Å². The van der Waals surface area contributed by atoms with Crippen molar-refractivity contribution in [1.82, 2.24) is 0 Å². The number of para-hydroxylation sites is 2. The van der Waals surface area contributed by atoms with Gasteiger partial charge in [0, 0.05) is 19.5 Å². The Kier molecular flexibility index (Phi) is 4.05. The molecule has 1 aromatic rings. The number of allylic oxidation sites excluding steroid dienone is 2. The van der Waals surface area contributed by atoms with E-state index in [1.807, 2.05) is 23.1 Å². The van der Waals surface area contributed by atoms with E-state index >= 15 is 0 Å². The van der Waals surface area contributed by atoms with Gasteiger partial charge in [0.05, 0.1) is 11.4 Å². The number of rotatable bonds is 4. The van der Waals surface area contributed by atoms with E-state index in [1.165, 1.54) is 12.8 Å². The van der Waals surface area contributed by atoms with Gasteiger partial charge >= 0.3 is 0 Å². The summed E-state index contributed by atoms with van der Waals surface area (Å²) < 4.78 is 0. The highest BCUT2D eigenvalue weighted by Crippen LogP contribution is 2.30. The Balaban J connectivity index is 1.69. The van der Waals surface area contributed by atoms with Gasteiger partial charge < -0.3 is 10.2 Å². The average molecular weight is 270 g/mol. The summed E-state index contributed by atoms with van der Waals surface area (Å²) >= 11 is 0. The molecule has 1 aromatic carbocycles. The lowest BCUT2D eigenvalue weighted by atomic mass is 9.94. The Hall–Kier alpha value is -1.77. The second-order valence-electron chi connectivity index (χ2n) is 5.70. The zero-order valence-electron chi connectivity index (χ0n) is 11.8. The summed E-state index contributed by atoms with van der Waals surface area (Å²) in [5.74, 6) is 0.960. The summed E-state index contributed by atoms with van der Waals surface area (Å²) in [7, 11) is 0. The first-order valence-corrected chi connectivity index (χ1v) is 7.63. The van der Waals surface area contributed by atoms with Crippen LogP contribution in [0.15, 0.2) is 36.4 Å². The Bertz CT molecular complexity index is 509. The highest BCUT2D eigenvalue weighted by atomic mass is 16.2. The molecule has 1 atom stereocenters. The van der Waals surface area contributed by atoms with Crippen molar-refractivity contribution in [2.75, 3.05) is 23.3 Å². The molecule has 1 saturated heterocycles. The molecule has 0 aromatic heterocycles. The van der Waals surface area contributed by atoms with Crippen LogP contribution in [0.4, 0.5) is 11.4 Å². The molecule has 106 valence electrons. The predicted octanol–water partition coefficient (Wildman–Crippen LogP) is 3.58. The first kappa shape index (κ1) is 13.2. The Morgan fingerprint density at radius 3 is 2.90 bits per heavy atom. The third-order valence-corrected chi connectivity index (χ3v) is 4.23. The molecule has 1 aliphatic heterocycles. The van der Waals surface area contributed by atoms with Crippen LogP contribution in [0.1, 0.15) is 32.1 Å². The summed E-state index contributed by atoms with van der Waals surface area (Å²) in [4.78, 5) is 13.8. The zero-order chi connectivity index (χ0) is 13.8. The van der Waals surface area contributed by atoms with E-state index < -0.39 is 0 Å². The minimum Gasteiger partial charge on any atom is -0.383 e. The largest absolute Gasteiger partial charge is 0.383 e. The number of hydrogen-bond acceptors (Lipinski definition) is 2. The lowest BCUT2D eigenvalue weighted by Gasteiger charge is -2.23. The summed E-state index contributed by atoms with van der Waals surface area (Å²) in [5.41, 5.74) is 2.14. The molecule has 0 radical (unpaired) electrons. The van der Waals surface area contributed by atoms with Crippen molar-refractivity contribution in [3.63, 3.8) is 0 Å².